The third-order valence-corrected chi connectivity index (χ3v) is 3.40. The lowest BCUT2D eigenvalue weighted by Gasteiger charge is -2.20. The largest absolute Gasteiger partial charge is 0.349 e. The predicted molar refractivity (Wildman–Crippen MR) is 99.3 cm³/mol. The Morgan fingerprint density at radius 2 is 1.08 bits per heavy atom. The van der Waals surface area contributed by atoms with Gasteiger partial charge in [-0.25, -0.2) is 0 Å². The Morgan fingerprint density at radius 3 is 1.44 bits per heavy atom. The van der Waals surface area contributed by atoms with E-state index >= 15 is 0 Å². The highest BCUT2D eigenvalue weighted by Crippen LogP contribution is 2.09. The van der Waals surface area contributed by atoms with E-state index in [1.165, 1.54) is 0 Å². The molecule has 0 fully saturated rings. The van der Waals surface area contributed by atoms with Crippen molar-refractivity contribution < 1.29 is 23.8 Å². The average molecular weight is 354 g/mol. The maximum Gasteiger partial charge on any atom is 0.180 e. The van der Waals surface area contributed by atoms with Crippen molar-refractivity contribution in [1.29, 1.82) is 0 Å². The second kappa shape index (κ2) is 19.0. The van der Waals surface area contributed by atoms with Gasteiger partial charge in [-0.3, -0.25) is 0 Å². The molecule has 0 aromatic heterocycles. The monoisotopic (exact) mass is 354 g/mol. The van der Waals surface area contributed by atoms with Gasteiger partial charge >= 0.3 is 0 Å². The molecule has 0 aromatic rings. The van der Waals surface area contributed by atoms with Gasteiger partial charge < -0.3 is 23.8 Å². The summed E-state index contributed by atoms with van der Waals surface area (Å²) in [6, 6.07) is 0. The van der Waals surface area contributed by atoms with E-state index in [-0.39, 0.29) is 0 Å². The summed E-state index contributed by atoms with van der Waals surface area (Å²) in [4.78, 5) is 20.6. The van der Waals surface area contributed by atoms with E-state index in [0.29, 0.717) is 26.1 Å². The highest BCUT2D eigenvalue weighted by Gasteiger charge is 2.12. The standard InChI is InChI=1S/C20H34O5/c1-3-23-19(15-11-7-5-9-13-17-21)25-20(24-4-2)16-12-8-6-10-14-18-22/h11-12,15-20H,3-10,13-14H2,1-2H3. The summed E-state index contributed by atoms with van der Waals surface area (Å²) in [5, 5.41) is 0. The van der Waals surface area contributed by atoms with Crippen molar-refractivity contribution in [1.82, 2.24) is 0 Å². The number of unbranched alkanes of at least 4 members (excludes halogenated alkanes) is 6. The van der Waals surface area contributed by atoms with Crippen LogP contribution in [0.3, 0.4) is 0 Å². The Morgan fingerprint density at radius 1 is 0.680 bits per heavy atom. The van der Waals surface area contributed by atoms with Crippen LogP contribution in [0.15, 0.2) is 24.3 Å². The molecule has 0 saturated carbocycles. The summed E-state index contributed by atoms with van der Waals surface area (Å²) in [6.45, 7) is 4.95. The van der Waals surface area contributed by atoms with Crippen LogP contribution in [-0.4, -0.2) is 38.4 Å². The van der Waals surface area contributed by atoms with Crippen LogP contribution >= 0.6 is 0 Å². The molecule has 2 unspecified atom stereocenters. The molecule has 144 valence electrons. The molecule has 0 N–H and O–H groups in total. The first-order chi connectivity index (χ1) is 12.3. The molecular formula is C20H34O5. The van der Waals surface area contributed by atoms with Gasteiger partial charge in [0.2, 0.25) is 0 Å². The molecule has 0 aliphatic carbocycles. The van der Waals surface area contributed by atoms with Gasteiger partial charge in [0.1, 0.15) is 12.6 Å². The minimum atomic E-state index is -0.452. The summed E-state index contributed by atoms with van der Waals surface area (Å²) >= 11 is 0. The lowest BCUT2D eigenvalue weighted by molar-refractivity contribution is -0.204. The summed E-state index contributed by atoms with van der Waals surface area (Å²) in [6.07, 6.45) is 15.6. The molecule has 0 aromatic carbocycles. The molecule has 0 aliphatic rings. The molecule has 5 heteroatoms. The molecule has 0 amide bonds. The summed E-state index contributed by atoms with van der Waals surface area (Å²) in [5.41, 5.74) is 0. The van der Waals surface area contributed by atoms with Crippen LogP contribution < -0.4 is 0 Å². The third-order valence-electron chi connectivity index (χ3n) is 3.40. The fourth-order valence-electron chi connectivity index (χ4n) is 2.14. The zero-order valence-electron chi connectivity index (χ0n) is 15.7. The molecule has 0 saturated heterocycles. The van der Waals surface area contributed by atoms with Gasteiger partial charge in [-0.2, -0.15) is 0 Å². The van der Waals surface area contributed by atoms with E-state index in [0.717, 1.165) is 51.1 Å². The highest BCUT2D eigenvalue weighted by molar-refractivity contribution is 5.49. The number of hydrogen-bond acceptors (Lipinski definition) is 5. The predicted octanol–water partition coefficient (Wildman–Crippen LogP) is 4.36. The van der Waals surface area contributed by atoms with Crippen molar-refractivity contribution in [3.63, 3.8) is 0 Å². The average Bonchev–Trinajstić information content (AvgIpc) is 2.61. The highest BCUT2D eigenvalue weighted by atomic mass is 16.8. The molecular weight excluding hydrogens is 320 g/mol. The first-order valence-electron chi connectivity index (χ1n) is 9.37. The SMILES string of the molecule is CCOC(C=CCCCCC=O)OC(C=CCCCCC=O)OCC. The van der Waals surface area contributed by atoms with Crippen molar-refractivity contribution in [2.45, 2.75) is 77.8 Å². The molecule has 5 nitrogen and oxygen atoms in total. The fraction of sp³-hybridized carbons (Fsp3) is 0.700. The first kappa shape index (κ1) is 23.7. The second-order valence-electron chi connectivity index (χ2n) is 5.54. The smallest absolute Gasteiger partial charge is 0.180 e. The van der Waals surface area contributed by atoms with E-state index in [2.05, 4.69) is 0 Å². The van der Waals surface area contributed by atoms with Crippen LogP contribution in [0.4, 0.5) is 0 Å². The van der Waals surface area contributed by atoms with Gasteiger partial charge in [0.05, 0.1) is 0 Å². The van der Waals surface area contributed by atoms with Gasteiger partial charge in [-0.15, -0.1) is 0 Å². The van der Waals surface area contributed by atoms with Crippen molar-refractivity contribution >= 4 is 12.6 Å². The second-order valence-corrected chi connectivity index (χ2v) is 5.54. The number of hydrogen-bond donors (Lipinski definition) is 0. The van der Waals surface area contributed by atoms with Crippen molar-refractivity contribution in [2.24, 2.45) is 0 Å². The molecule has 0 spiro atoms. The molecule has 0 rings (SSSR count). The minimum Gasteiger partial charge on any atom is -0.349 e. The number of ether oxygens (including phenoxy) is 3. The molecule has 0 bridgehead atoms. The van der Waals surface area contributed by atoms with E-state index in [1.807, 2.05) is 38.2 Å². The Bertz CT molecular complexity index is 331. The molecule has 0 aliphatic heterocycles. The summed E-state index contributed by atoms with van der Waals surface area (Å²) < 4.78 is 17.0. The van der Waals surface area contributed by atoms with E-state index in [9.17, 15) is 9.59 Å². The normalized spacial score (nSPS) is 14.2. The molecule has 0 radical (unpaired) electrons. The number of aldehydes is 2. The van der Waals surface area contributed by atoms with Crippen molar-refractivity contribution in [2.75, 3.05) is 13.2 Å². The lowest BCUT2D eigenvalue weighted by Crippen LogP contribution is -2.24. The number of carbonyl (C=O) groups is 2. The van der Waals surface area contributed by atoms with Crippen LogP contribution in [0.1, 0.15) is 65.2 Å². The maximum absolute atomic E-state index is 10.3. The fourth-order valence-corrected chi connectivity index (χ4v) is 2.14. The molecule has 25 heavy (non-hydrogen) atoms. The topological polar surface area (TPSA) is 61.8 Å². The van der Waals surface area contributed by atoms with Gasteiger partial charge in [0.15, 0.2) is 12.6 Å². The van der Waals surface area contributed by atoms with Crippen molar-refractivity contribution in [3.8, 4) is 0 Å². The number of allylic oxidation sites excluding steroid dienone is 2. The van der Waals surface area contributed by atoms with Crippen LogP contribution in [0.5, 0.6) is 0 Å². The van der Waals surface area contributed by atoms with Crippen molar-refractivity contribution in [3.05, 3.63) is 24.3 Å². The van der Waals surface area contributed by atoms with E-state index < -0.39 is 12.6 Å². The van der Waals surface area contributed by atoms with Gasteiger partial charge in [0, 0.05) is 26.1 Å². The Kier molecular flexibility index (Phi) is 18.0. The van der Waals surface area contributed by atoms with Crippen LogP contribution in [0.2, 0.25) is 0 Å². The minimum absolute atomic E-state index is 0.452. The van der Waals surface area contributed by atoms with Gasteiger partial charge in [-0.05, 0) is 64.5 Å². The lowest BCUT2D eigenvalue weighted by atomic mass is 10.2. The Labute approximate surface area is 152 Å². The number of rotatable bonds is 18. The molecule has 2 atom stereocenters. The van der Waals surface area contributed by atoms with Gasteiger partial charge in [0.25, 0.3) is 0 Å². The zero-order valence-corrected chi connectivity index (χ0v) is 15.7. The first-order valence-corrected chi connectivity index (χ1v) is 9.37. The summed E-state index contributed by atoms with van der Waals surface area (Å²) in [7, 11) is 0. The maximum atomic E-state index is 10.3. The summed E-state index contributed by atoms with van der Waals surface area (Å²) in [5.74, 6) is 0. The molecule has 0 heterocycles. The van der Waals surface area contributed by atoms with Crippen LogP contribution in [-0.2, 0) is 23.8 Å². The third kappa shape index (κ3) is 15.9. The number of carbonyl (C=O) groups excluding carboxylic acids is 2. The van der Waals surface area contributed by atoms with Crippen LogP contribution in [0.25, 0.3) is 0 Å². The zero-order chi connectivity index (χ0) is 18.6. The van der Waals surface area contributed by atoms with E-state index in [1.54, 1.807) is 0 Å². The van der Waals surface area contributed by atoms with Crippen LogP contribution in [0, 0.1) is 0 Å². The quantitative estimate of drug-likeness (QED) is 0.158. The van der Waals surface area contributed by atoms with Gasteiger partial charge in [-0.1, -0.05) is 12.2 Å². The van der Waals surface area contributed by atoms with E-state index in [4.69, 9.17) is 14.2 Å². The Hall–Kier alpha value is -1.30. The Balaban J connectivity index is 4.31.